The standard InChI is InChI=1S/C4H5N.H3P/c1-2-4-5-3-1;/h1-5H;1H3. The van der Waals surface area contributed by atoms with Crippen LogP contribution >= 0.6 is 9.90 Å². The molecule has 1 aromatic heterocycles. The van der Waals surface area contributed by atoms with E-state index in [4.69, 9.17) is 0 Å². The summed E-state index contributed by atoms with van der Waals surface area (Å²) in [4.78, 5) is 2.86. The monoisotopic (exact) mass is 101 g/mol. The quantitative estimate of drug-likeness (QED) is 0.470. The van der Waals surface area contributed by atoms with Crippen molar-refractivity contribution in [2.45, 2.75) is 0 Å². The van der Waals surface area contributed by atoms with Gasteiger partial charge in [-0.3, -0.25) is 0 Å². The maximum atomic E-state index is 2.86. The van der Waals surface area contributed by atoms with Crippen LogP contribution in [0.5, 0.6) is 0 Å². The Labute approximate surface area is 40.4 Å². The van der Waals surface area contributed by atoms with E-state index in [-0.39, 0.29) is 9.90 Å². The van der Waals surface area contributed by atoms with Crippen molar-refractivity contribution < 1.29 is 0 Å². The van der Waals surface area contributed by atoms with Gasteiger partial charge in [0.15, 0.2) is 0 Å². The first-order valence-electron chi connectivity index (χ1n) is 1.58. The summed E-state index contributed by atoms with van der Waals surface area (Å²) < 4.78 is 0. The Balaban J connectivity index is 0.000000250. The molecule has 1 nitrogen and oxygen atoms in total. The minimum atomic E-state index is 0. The van der Waals surface area contributed by atoms with Gasteiger partial charge in [-0.1, -0.05) is 0 Å². The molecule has 0 aliphatic rings. The third-order valence-electron chi connectivity index (χ3n) is 0.496. The molecule has 1 atom stereocenters. The Hall–Kier alpha value is -0.290. The zero-order valence-electron chi connectivity index (χ0n) is 3.52. The molecule has 34 valence electrons. The third kappa shape index (κ3) is 1.23. The molecule has 0 aliphatic heterocycles. The summed E-state index contributed by atoms with van der Waals surface area (Å²) in [5.41, 5.74) is 0. The SMILES string of the molecule is P.c1cc[nH]c1. The molecule has 0 amide bonds. The minimum Gasteiger partial charge on any atom is -0.368 e. The first-order chi connectivity index (χ1) is 2.50. The molecule has 0 aromatic carbocycles. The number of aromatic amines is 1. The summed E-state index contributed by atoms with van der Waals surface area (Å²) in [5, 5.41) is 0. The van der Waals surface area contributed by atoms with Gasteiger partial charge in [-0.15, -0.1) is 0 Å². The van der Waals surface area contributed by atoms with Crippen LogP contribution in [0.1, 0.15) is 0 Å². The van der Waals surface area contributed by atoms with Crippen molar-refractivity contribution in [3.8, 4) is 0 Å². The molecule has 0 bridgehead atoms. The lowest BCUT2D eigenvalue weighted by Crippen LogP contribution is -1.38. The lowest BCUT2D eigenvalue weighted by Gasteiger charge is -1.49. The normalized spacial score (nSPS) is 6.67. The van der Waals surface area contributed by atoms with Crippen LogP contribution in [-0.2, 0) is 0 Å². The second-order valence-corrected chi connectivity index (χ2v) is 0.885. The molecule has 0 saturated carbocycles. The van der Waals surface area contributed by atoms with E-state index >= 15 is 0 Å². The number of hydrogen-bond donors (Lipinski definition) is 1. The highest BCUT2D eigenvalue weighted by molar-refractivity contribution is 6.92. The Kier molecular flexibility index (Phi) is 2.78. The zero-order valence-corrected chi connectivity index (χ0v) is 4.93. The summed E-state index contributed by atoms with van der Waals surface area (Å²) in [6, 6.07) is 3.89. The predicted octanol–water partition coefficient (Wildman–Crippen LogP) is 1.07. The largest absolute Gasteiger partial charge is 0.368 e. The van der Waals surface area contributed by atoms with Crippen molar-refractivity contribution in [1.29, 1.82) is 0 Å². The van der Waals surface area contributed by atoms with Crippen molar-refractivity contribution in [2.24, 2.45) is 0 Å². The third-order valence-corrected chi connectivity index (χ3v) is 0.496. The highest BCUT2D eigenvalue weighted by atomic mass is 31.0. The summed E-state index contributed by atoms with van der Waals surface area (Å²) in [6.07, 6.45) is 3.75. The van der Waals surface area contributed by atoms with Crippen molar-refractivity contribution in [3.05, 3.63) is 24.5 Å². The molecule has 0 fully saturated rings. The van der Waals surface area contributed by atoms with Crippen molar-refractivity contribution in [2.75, 3.05) is 0 Å². The highest BCUT2D eigenvalue weighted by Gasteiger charge is 1.55. The molecule has 0 spiro atoms. The van der Waals surface area contributed by atoms with Gasteiger partial charge in [0.2, 0.25) is 0 Å². The first-order valence-corrected chi connectivity index (χ1v) is 1.58. The molecular formula is C4H8NP. The van der Waals surface area contributed by atoms with E-state index in [0.29, 0.717) is 0 Å². The summed E-state index contributed by atoms with van der Waals surface area (Å²) in [7, 11) is 0. The van der Waals surface area contributed by atoms with Gasteiger partial charge in [0.05, 0.1) is 0 Å². The Morgan fingerprint density at radius 1 is 1.00 bits per heavy atom. The second kappa shape index (κ2) is 2.92. The van der Waals surface area contributed by atoms with Crippen LogP contribution in [0.3, 0.4) is 0 Å². The summed E-state index contributed by atoms with van der Waals surface area (Å²) >= 11 is 0. The van der Waals surface area contributed by atoms with Gasteiger partial charge < -0.3 is 4.98 Å². The van der Waals surface area contributed by atoms with Crippen LogP contribution in [0.25, 0.3) is 0 Å². The van der Waals surface area contributed by atoms with Crippen LogP contribution in [0.15, 0.2) is 24.5 Å². The number of rotatable bonds is 0. The maximum absolute atomic E-state index is 2.86. The molecule has 6 heavy (non-hydrogen) atoms. The van der Waals surface area contributed by atoms with Crippen molar-refractivity contribution >= 4 is 9.90 Å². The molecule has 1 rings (SSSR count). The minimum absolute atomic E-state index is 0. The lowest BCUT2D eigenvalue weighted by atomic mass is 10.7. The summed E-state index contributed by atoms with van der Waals surface area (Å²) in [5.74, 6) is 0. The summed E-state index contributed by atoms with van der Waals surface area (Å²) in [6.45, 7) is 0. The van der Waals surface area contributed by atoms with E-state index in [2.05, 4.69) is 4.98 Å². The molecule has 0 saturated heterocycles. The van der Waals surface area contributed by atoms with Crippen LogP contribution in [-0.4, -0.2) is 4.98 Å². The Morgan fingerprint density at radius 2 is 1.50 bits per heavy atom. The van der Waals surface area contributed by atoms with Crippen LogP contribution in [0.2, 0.25) is 0 Å². The van der Waals surface area contributed by atoms with Gasteiger partial charge >= 0.3 is 0 Å². The van der Waals surface area contributed by atoms with Gasteiger partial charge in [0, 0.05) is 12.4 Å². The predicted molar refractivity (Wildman–Crippen MR) is 31.9 cm³/mol. The number of nitrogens with one attached hydrogen (secondary N) is 1. The van der Waals surface area contributed by atoms with Crippen LogP contribution in [0, 0.1) is 0 Å². The second-order valence-electron chi connectivity index (χ2n) is 0.885. The highest BCUT2D eigenvalue weighted by Crippen LogP contribution is 1.72. The van der Waals surface area contributed by atoms with Crippen molar-refractivity contribution in [1.82, 2.24) is 4.98 Å². The average Bonchev–Trinajstić information content (AvgIpc) is 1.76. The number of aromatic nitrogens is 1. The van der Waals surface area contributed by atoms with E-state index in [1.165, 1.54) is 0 Å². The molecule has 0 radical (unpaired) electrons. The molecule has 1 heterocycles. The van der Waals surface area contributed by atoms with E-state index in [9.17, 15) is 0 Å². The van der Waals surface area contributed by atoms with Gasteiger partial charge in [0.1, 0.15) is 0 Å². The van der Waals surface area contributed by atoms with Crippen molar-refractivity contribution in [3.63, 3.8) is 0 Å². The zero-order chi connectivity index (χ0) is 3.54. The topological polar surface area (TPSA) is 15.8 Å². The maximum Gasteiger partial charge on any atom is 0.000496 e. The fourth-order valence-electron chi connectivity index (χ4n) is 0.278. The Morgan fingerprint density at radius 3 is 1.67 bits per heavy atom. The van der Waals surface area contributed by atoms with E-state index in [1.54, 1.807) is 0 Å². The van der Waals surface area contributed by atoms with Crippen LogP contribution in [0.4, 0.5) is 0 Å². The molecular weight excluding hydrogens is 93.0 g/mol. The van der Waals surface area contributed by atoms with E-state index < -0.39 is 0 Å². The molecule has 1 aromatic rings. The van der Waals surface area contributed by atoms with Gasteiger partial charge in [-0.25, -0.2) is 0 Å². The molecule has 2 heteroatoms. The Bertz CT molecular complexity index is 64.0. The molecule has 1 N–H and O–H groups in total. The lowest BCUT2D eigenvalue weighted by molar-refractivity contribution is 1.42. The van der Waals surface area contributed by atoms with Gasteiger partial charge in [-0.2, -0.15) is 9.90 Å². The average molecular weight is 101 g/mol. The van der Waals surface area contributed by atoms with E-state index in [1.807, 2.05) is 24.5 Å². The fourth-order valence-corrected chi connectivity index (χ4v) is 0.278. The molecule has 0 aliphatic carbocycles. The first kappa shape index (κ1) is 5.71. The number of hydrogen-bond acceptors (Lipinski definition) is 0. The fraction of sp³-hybridized carbons (Fsp3) is 0. The number of H-pyrrole nitrogens is 1. The smallest absolute Gasteiger partial charge is 0.000496 e. The van der Waals surface area contributed by atoms with Gasteiger partial charge in [-0.05, 0) is 12.1 Å². The van der Waals surface area contributed by atoms with Crippen LogP contribution < -0.4 is 0 Å². The van der Waals surface area contributed by atoms with E-state index in [0.717, 1.165) is 0 Å². The molecule has 1 unspecified atom stereocenters. The van der Waals surface area contributed by atoms with Gasteiger partial charge in [0.25, 0.3) is 0 Å².